The highest BCUT2D eigenvalue weighted by molar-refractivity contribution is 5.93. The van der Waals surface area contributed by atoms with Gasteiger partial charge in [0.25, 0.3) is 0 Å². The Labute approximate surface area is 167 Å². The van der Waals surface area contributed by atoms with Crippen molar-refractivity contribution in [1.29, 1.82) is 0 Å². The van der Waals surface area contributed by atoms with Crippen LogP contribution in [0.1, 0.15) is 42.5 Å². The molecule has 1 saturated heterocycles. The first-order chi connectivity index (χ1) is 13.6. The summed E-state index contributed by atoms with van der Waals surface area (Å²) in [6.45, 7) is 5.40. The van der Waals surface area contributed by atoms with E-state index in [-0.39, 0.29) is 11.9 Å². The van der Waals surface area contributed by atoms with Gasteiger partial charge >= 0.3 is 0 Å². The van der Waals surface area contributed by atoms with Crippen LogP contribution in [-0.4, -0.2) is 38.1 Å². The smallest absolute Gasteiger partial charge is 0.238 e. The summed E-state index contributed by atoms with van der Waals surface area (Å²) in [5, 5.41) is 3.14. The predicted molar refractivity (Wildman–Crippen MR) is 112 cm³/mol. The summed E-state index contributed by atoms with van der Waals surface area (Å²) in [5.41, 5.74) is 4.29. The summed E-state index contributed by atoms with van der Waals surface area (Å²) in [4.78, 5) is 15.1. The van der Waals surface area contributed by atoms with Crippen LogP contribution in [0.25, 0.3) is 0 Å². The summed E-state index contributed by atoms with van der Waals surface area (Å²) in [5.74, 6) is 1.67. The number of nitrogens with one attached hydrogen (secondary N) is 1. The van der Waals surface area contributed by atoms with E-state index in [0.29, 0.717) is 6.54 Å². The fourth-order valence-electron chi connectivity index (χ4n) is 4.03. The molecule has 3 rings (SSSR count). The Hall–Kier alpha value is -2.53. The third-order valence-electron chi connectivity index (χ3n) is 5.51. The number of amides is 1. The van der Waals surface area contributed by atoms with Crippen molar-refractivity contribution in [1.82, 2.24) is 4.90 Å². The molecule has 1 amide bonds. The zero-order valence-electron chi connectivity index (χ0n) is 17.2. The molecule has 1 aliphatic heterocycles. The highest BCUT2D eigenvalue weighted by atomic mass is 16.5. The summed E-state index contributed by atoms with van der Waals surface area (Å²) in [6.07, 6.45) is 2.95. The minimum absolute atomic E-state index is 0.0257. The molecule has 1 atom stereocenters. The molecule has 1 fully saturated rings. The standard InChI is InChI=1S/C23H30N2O3/c1-5-17-9-6-8-16(2)23(17)24-22(26)15-25-13-7-10-20(25)19-14-18(27-3)11-12-21(19)28-4/h6,8-9,11-12,14,20H,5,7,10,13,15H2,1-4H3,(H,24,26)/t20-/m1/s1. The lowest BCUT2D eigenvalue weighted by molar-refractivity contribution is -0.117. The Kier molecular flexibility index (Phi) is 6.57. The van der Waals surface area contributed by atoms with Crippen LogP contribution in [-0.2, 0) is 11.2 Å². The highest BCUT2D eigenvalue weighted by Crippen LogP contribution is 2.38. The SMILES string of the molecule is CCc1cccc(C)c1NC(=O)CN1CCC[C@@H]1c1cc(OC)ccc1OC. The van der Waals surface area contributed by atoms with E-state index in [1.807, 2.05) is 37.3 Å². The summed E-state index contributed by atoms with van der Waals surface area (Å²) < 4.78 is 11.0. The molecule has 2 aromatic rings. The van der Waals surface area contributed by atoms with Crippen molar-refractivity contribution < 1.29 is 14.3 Å². The number of carbonyl (C=O) groups is 1. The molecule has 1 heterocycles. The first-order valence-electron chi connectivity index (χ1n) is 9.91. The van der Waals surface area contributed by atoms with Crippen LogP contribution >= 0.6 is 0 Å². The number of aryl methyl sites for hydroxylation is 2. The Morgan fingerprint density at radius 3 is 2.75 bits per heavy atom. The minimum atomic E-state index is 0.0257. The quantitative estimate of drug-likeness (QED) is 0.773. The monoisotopic (exact) mass is 382 g/mol. The van der Waals surface area contributed by atoms with Gasteiger partial charge in [0.15, 0.2) is 0 Å². The van der Waals surface area contributed by atoms with Crippen LogP contribution < -0.4 is 14.8 Å². The number of benzene rings is 2. The van der Waals surface area contributed by atoms with E-state index in [9.17, 15) is 4.79 Å². The first-order valence-corrected chi connectivity index (χ1v) is 9.91. The largest absolute Gasteiger partial charge is 0.497 e. The highest BCUT2D eigenvalue weighted by Gasteiger charge is 2.30. The van der Waals surface area contributed by atoms with E-state index in [1.165, 1.54) is 5.56 Å². The van der Waals surface area contributed by atoms with Crippen molar-refractivity contribution in [2.75, 3.05) is 32.6 Å². The number of rotatable bonds is 7. The first kappa shape index (κ1) is 20.2. The van der Waals surface area contributed by atoms with Gasteiger partial charge in [0.05, 0.1) is 20.8 Å². The van der Waals surface area contributed by atoms with Crippen LogP contribution in [0.2, 0.25) is 0 Å². The molecule has 1 N–H and O–H groups in total. The van der Waals surface area contributed by atoms with E-state index >= 15 is 0 Å². The number of para-hydroxylation sites is 1. The number of carbonyl (C=O) groups excluding carboxylic acids is 1. The van der Waals surface area contributed by atoms with E-state index in [4.69, 9.17) is 9.47 Å². The van der Waals surface area contributed by atoms with Crippen molar-refractivity contribution in [3.63, 3.8) is 0 Å². The van der Waals surface area contributed by atoms with Gasteiger partial charge in [-0.3, -0.25) is 9.69 Å². The average molecular weight is 383 g/mol. The van der Waals surface area contributed by atoms with Crippen LogP contribution in [0, 0.1) is 6.92 Å². The molecule has 0 bridgehead atoms. The number of anilines is 1. The number of likely N-dealkylation sites (tertiary alicyclic amines) is 1. The average Bonchev–Trinajstić information content (AvgIpc) is 3.16. The molecule has 0 aliphatic carbocycles. The summed E-state index contributed by atoms with van der Waals surface area (Å²) in [6, 6.07) is 12.2. The number of methoxy groups -OCH3 is 2. The van der Waals surface area contributed by atoms with Crippen LogP contribution in [0.3, 0.4) is 0 Å². The number of hydrogen-bond donors (Lipinski definition) is 1. The lowest BCUT2D eigenvalue weighted by Gasteiger charge is -2.26. The third-order valence-corrected chi connectivity index (χ3v) is 5.51. The van der Waals surface area contributed by atoms with Crippen LogP contribution in [0.4, 0.5) is 5.69 Å². The topological polar surface area (TPSA) is 50.8 Å². The summed E-state index contributed by atoms with van der Waals surface area (Å²) in [7, 11) is 3.35. The molecular formula is C23H30N2O3. The Morgan fingerprint density at radius 2 is 2.04 bits per heavy atom. The van der Waals surface area contributed by atoms with Gasteiger partial charge in [-0.15, -0.1) is 0 Å². The molecule has 150 valence electrons. The molecule has 2 aromatic carbocycles. The fraction of sp³-hybridized carbons (Fsp3) is 0.435. The Balaban J connectivity index is 1.77. The van der Waals surface area contributed by atoms with Gasteiger partial charge in [0.2, 0.25) is 5.91 Å². The maximum atomic E-state index is 12.8. The molecule has 5 nitrogen and oxygen atoms in total. The van der Waals surface area contributed by atoms with Crippen molar-refractivity contribution in [3.8, 4) is 11.5 Å². The van der Waals surface area contributed by atoms with Gasteiger partial charge in [-0.1, -0.05) is 25.1 Å². The predicted octanol–water partition coefficient (Wildman–Crippen LogP) is 4.35. The van der Waals surface area contributed by atoms with Crippen LogP contribution in [0.5, 0.6) is 11.5 Å². The van der Waals surface area contributed by atoms with Gasteiger partial charge in [0, 0.05) is 17.3 Å². The normalized spacial score (nSPS) is 16.8. The van der Waals surface area contributed by atoms with Crippen molar-refractivity contribution in [3.05, 3.63) is 53.1 Å². The second-order valence-electron chi connectivity index (χ2n) is 7.25. The van der Waals surface area contributed by atoms with Crippen molar-refractivity contribution >= 4 is 11.6 Å². The summed E-state index contributed by atoms with van der Waals surface area (Å²) >= 11 is 0. The zero-order valence-corrected chi connectivity index (χ0v) is 17.2. The molecule has 0 aromatic heterocycles. The Bertz CT molecular complexity index is 835. The lowest BCUT2D eigenvalue weighted by Crippen LogP contribution is -2.33. The van der Waals surface area contributed by atoms with Crippen molar-refractivity contribution in [2.24, 2.45) is 0 Å². The molecule has 1 aliphatic rings. The molecule has 0 spiro atoms. The minimum Gasteiger partial charge on any atom is -0.497 e. The molecule has 28 heavy (non-hydrogen) atoms. The molecular weight excluding hydrogens is 352 g/mol. The van der Waals surface area contributed by atoms with E-state index in [1.54, 1.807) is 14.2 Å². The number of nitrogens with zero attached hydrogens (tertiary/aromatic N) is 1. The second-order valence-corrected chi connectivity index (χ2v) is 7.25. The number of hydrogen-bond acceptors (Lipinski definition) is 4. The second kappa shape index (κ2) is 9.11. The van der Waals surface area contributed by atoms with Gasteiger partial charge in [-0.25, -0.2) is 0 Å². The van der Waals surface area contributed by atoms with E-state index < -0.39 is 0 Å². The van der Waals surface area contributed by atoms with E-state index in [0.717, 1.165) is 54.1 Å². The van der Waals surface area contributed by atoms with Gasteiger partial charge in [0.1, 0.15) is 11.5 Å². The third kappa shape index (κ3) is 4.30. The van der Waals surface area contributed by atoms with Gasteiger partial charge in [-0.05, 0) is 62.1 Å². The fourth-order valence-corrected chi connectivity index (χ4v) is 4.03. The van der Waals surface area contributed by atoms with Crippen LogP contribution in [0.15, 0.2) is 36.4 Å². The van der Waals surface area contributed by atoms with Crippen molar-refractivity contribution in [2.45, 2.75) is 39.2 Å². The zero-order chi connectivity index (χ0) is 20.1. The molecule has 0 unspecified atom stereocenters. The van der Waals surface area contributed by atoms with Gasteiger partial charge in [-0.2, -0.15) is 0 Å². The molecule has 5 heteroatoms. The van der Waals surface area contributed by atoms with E-state index in [2.05, 4.69) is 23.2 Å². The maximum Gasteiger partial charge on any atom is 0.238 e. The molecule has 0 saturated carbocycles. The lowest BCUT2D eigenvalue weighted by atomic mass is 10.0. The number of ether oxygens (including phenoxy) is 2. The molecule has 0 radical (unpaired) electrons. The maximum absolute atomic E-state index is 12.8. The Morgan fingerprint density at radius 1 is 1.21 bits per heavy atom. The van der Waals surface area contributed by atoms with Gasteiger partial charge < -0.3 is 14.8 Å².